The summed E-state index contributed by atoms with van der Waals surface area (Å²) >= 11 is 0. The number of urea groups is 1. The maximum absolute atomic E-state index is 12.1. The second-order valence-corrected chi connectivity index (χ2v) is 7.63. The molecule has 5 heteroatoms. The number of carboxylic acid groups (broad SMARTS) is 1. The Hall–Kier alpha value is -1.26. The van der Waals surface area contributed by atoms with E-state index in [0.29, 0.717) is 18.9 Å². The molecule has 4 atom stereocenters. The molecule has 3 N–H and O–H groups in total. The van der Waals surface area contributed by atoms with Gasteiger partial charge in [0, 0.05) is 12.6 Å². The number of rotatable bonds is 4. The van der Waals surface area contributed by atoms with E-state index in [1.807, 2.05) is 0 Å². The molecular weight excluding hydrogens is 268 g/mol. The fraction of sp³-hybridized carbons (Fsp3) is 0.875. The molecule has 4 unspecified atom stereocenters. The molecule has 2 bridgehead atoms. The molecule has 0 radical (unpaired) electrons. The predicted molar refractivity (Wildman–Crippen MR) is 76.7 cm³/mol. The standard InChI is InChI=1S/C16H24N2O3/c19-14(20)16(5-1-2-6-16)8-17-15(21)18-13-11-9-3-4-10(7-9)12(11)13/h9-13H,1-8H2,(H,19,20)(H2,17,18,21). The SMILES string of the molecule is O=C(NCC1(C(=O)O)CCCC1)NC1C2C3CCC(C3)C12. The number of nitrogens with one attached hydrogen (secondary N) is 2. The first-order chi connectivity index (χ1) is 10.1. The molecule has 0 aromatic carbocycles. The molecule has 0 saturated heterocycles. The van der Waals surface area contributed by atoms with Crippen molar-refractivity contribution in [2.75, 3.05) is 6.54 Å². The average molecular weight is 292 g/mol. The summed E-state index contributed by atoms with van der Waals surface area (Å²) in [6.45, 7) is 0.267. The Balaban J connectivity index is 1.28. The van der Waals surface area contributed by atoms with Crippen molar-refractivity contribution in [2.45, 2.75) is 51.0 Å². The maximum atomic E-state index is 12.1. The number of hydrogen-bond donors (Lipinski definition) is 3. The van der Waals surface area contributed by atoms with Crippen molar-refractivity contribution in [3.05, 3.63) is 0 Å². The zero-order chi connectivity index (χ0) is 14.6. The van der Waals surface area contributed by atoms with E-state index in [2.05, 4.69) is 10.6 Å². The van der Waals surface area contributed by atoms with E-state index in [0.717, 1.165) is 36.5 Å². The highest BCUT2D eigenvalue weighted by atomic mass is 16.4. The van der Waals surface area contributed by atoms with Crippen LogP contribution < -0.4 is 10.6 Å². The van der Waals surface area contributed by atoms with E-state index in [4.69, 9.17) is 0 Å². The van der Waals surface area contributed by atoms with Gasteiger partial charge in [0.1, 0.15) is 0 Å². The van der Waals surface area contributed by atoms with Crippen LogP contribution in [0.15, 0.2) is 0 Å². The molecule has 0 spiro atoms. The summed E-state index contributed by atoms with van der Waals surface area (Å²) in [6, 6.07) is 0.196. The first kappa shape index (κ1) is 13.4. The molecule has 0 aromatic rings. The van der Waals surface area contributed by atoms with Gasteiger partial charge in [-0.1, -0.05) is 12.8 Å². The third-order valence-electron chi connectivity index (χ3n) is 6.63. The Kier molecular flexibility index (Phi) is 2.95. The molecule has 0 aromatic heterocycles. The van der Waals surface area contributed by atoms with E-state index in [1.165, 1.54) is 19.3 Å². The lowest BCUT2D eigenvalue weighted by atomic mass is 9.86. The Morgan fingerprint density at radius 2 is 1.71 bits per heavy atom. The first-order valence-corrected chi connectivity index (χ1v) is 8.38. The minimum absolute atomic E-state index is 0.165. The number of hydrogen-bond acceptors (Lipinski definition) is 2. The van der Waals surface area contributed by atoms with Gasteiger partial charge >= 0.3 is 12.0 Å². The highest BCUT2D eigenvalue weighted by Crippen LogP contribution is 2.65. The zero-order valence-electron chi connectivity index (χ0n) is 12.3. The van der Waals surface area contributed by atoms with Crippen LogP contribution in [0.2, 0.25) is 0 Å². The Bertz CT molecular complexity index is 456. The van der Waals surface area contributed by atoms with Crippen LogP contribution in [0.5, 0.6) is 0 Å². The summed E-state index contributed by atoms with van der Waals surface area (Å²) in [5.41, 5.74) is -0.726. The summed E-state index contributed by atoms with van der Waals surface area (Å²) in [5.74, 6) is 2.35. The van der Waals surface area contributed by atoms with Crippen LogP contribution in [0.4, 0.5) is 4.79 Å². The summed E-state index contributed by atoms with van der Waals surface area (Å²) < 4.78 is 0. The van der Waals surface area contributed by atoms with Crippen molar-refractivity contribution in [1.29, 1.82) is 0 Å². The average Bonchev–Trinajstić information content (AvgIpc) is 2.93. The van der Waals surface area contributed by atoms with E-state index >= 15 is 0 Å². The molecule has 4 rings (SSSR count). The molecule has 0 aliphatic heterocycles. The molecular formula is C16H24N2O3. The van der Waals surface area contributed by atoms with Crippen molar-refractivity contribution < 1.29 is 14.7 Å². The topological polar surface area (TPSA) is 78.4 Å². The molecule has 4 aliphatic rings. The summed E-state index contributed by atoms with van der Waals surface area (Å²) in [6.07, 6.45) is 7.32. The van der Waals surface area contributed by atoms with E-state index in [9.17, 15) is 14.7 Å². The van der Waals surface area contributed by atoms with Gasteiger partial charge in [-0.2, -0.15) is 0 Å². The van der Waals surface area contributed by atoms with Gasteiger partial charge in [-0.15, -0.1) is 0 Å². The lowest BCUT2D eigenvalue weighted by Crippen LogP contribution is -2.46. The molecule has 4 aliphatic carbocycles. The number of amides is 2. The van der Waals surface area contributed by atoms with Crippen molar-refractivity contribution in [2.24, 2.45) is 29.1 Å². The first-order valence-electron chi connectivity index (χ1n) is 8.38. The van der Waals surface area contributed by atoms with E-state index in [-0.39, 0.29) is 12.6 Å². The second kappa shape index (κ2) is 4.62. The number of carbonyl (C=O) groups excluding carboxylic acids is 1. The van der Waals surface area contributed by atoms with Crippen LogP contribution >= 0.6 is 0 Å². The molecule has 5 nitrogen and oxygen atoms in total. The minimum atomic E-state index is -0.762. The summed E-state index contributed by atoms with van der Waals surface area (Å²) in [5, 5.41) is 15.3. The molecule has 21 heavy (non-hydrogen) atoms. The number of carbonyl (C=O) groups is 2. The summed E-state index contributed by atoms with van der Waals surface area (Å²) in [7, 11) is 0. The van der Waals surface area contributed by atoms with Gasteiger partial charge in [0.25, 0.3) is 0 Å². The van der Waals surface area contributed by atoms with Crippen LogP contribution in [0.1, 0.15) is 44.9 Å². The molecule has 0 heterocycles. The van der Waals surface area contributed by atoms with Crippen LogP contribution in [0, 0.1) is 29.1 Å². The van der Waals surface area contributed by atoms with Gasteiger partial charge in [-0.05, 0) is 55.8 Å². The van der Waals surface area contributed by atoms with Crippen molar-refractivity contribution >= 4 is 12.0 Å². The molecule has 4 saturated carbocycles. The Morgan fingerprint density at radius 3 is 2.29 bits per heavy atom. The molecule has 2 amide bonds. The normalized spacial score (nSPS) is 41.6. The van der Waals surface area contributed by atoms with Crippen molar-refractivity contribution in [1.82, 2.24) is 10.6 Å². The Morgan fingerprint density at radius 1 is 1.10 bits per heavy atom. The number of aliphatic carboxylic acids is 1. The predicted octanol–water partition coefficient (Wildman–Crippen LogP) is 1.98. The fourth-order valence-corrected chi connectivity index (χ4v) is 5.49. The zero-order valence-corrected chi connectivity index (χ0v) is 12.3. The second-order valence-electron chi connectivity index (χ2n) is 7.63. The smallest absolute Gasteiger partial charge is 0.315 e. The molecule has 4 fully saturated rings. The van der Waals surface area contributed by atoms with E-state index < -0.39 is 11.4 Å². The van der Waals surface area contributed by atoms with Gasteiger partial charge in [0.15, 0.2) is 0 Å². The van der Waals surface area contributed by atoms with Crippen molar-refractivity contribution in [3.63, 3.8) is 0 Å². The highest BCUT2D eigenvalue weighted by Gasteiger charge is 2.65. The monoisotopic (exact) mass is 292 g/mol. The van der Waals surface area contributed by atoms with Crippen LogP contribution in [-0.4, -0.2) is 29.7 Å². The Labute approximate surface area is 124 Å². The lowest BCUT2D eigenvalue weighted by molar-refractivity contribution is -0.148. The van der Waals surface area contributed by atoms with Gasteiger partial charge in [-0.3, -0.25) is 4.79 Å². The van der Waals surface area contributed by atoms with Crippen LogP contribution in [-0.2, 0) is 4.79 Å². The summed E-state index contributed by atoms with van der Waals surface area (Å²) in [4.78, 5) is 23.5. The number of fused-ring (bicyclic) bond motifs is 5. The lowest BCUT2D eigenvalue weighted by Gasteiger charge is -2.24. The maximum Gasteiger partial charge on any atom is 0.315 e. The minimum Gasteiger partial charge on any atom is -0.481 e. The van der Waals surface area contributed by atoms with Gasteiger partial charge < -0.3 is 15.7 Å². The van der Waals surface area contributed by atoms with Gasteiger partial charge in [-0.25, -0.2) is 4.79 Å². The fourth-order valence-electron chi connectivity index (χ4n) is 5.49. The highest BCUT2D eigenvalue weighted by molar-refractivity contribution is 5.78. The van der Waals surface area contributed by atoms with E-state index in [1.54, 1.807) is 0 Å². The van der Waals surface area contributed by atoms with Gasteiger partial charge in [0.2, 0.25) is 0 Å². The van der Waals surface area contributed by atoms with Gasteiger partial charge in [0.05, 0.1) is 5.41 Å². The van der Waals surface area contributed by atoms with Crippen LogP contribution in [0.3, 0.4) is 0 Å². The third kappa shape index (κ3) is 2.04. The van der Waals surface area contributed by atoms with Crippen molar-refractivity contribution in [3.8, 4) is 0 Å². The third-order valence-corrected chi connectivity index (χ3v) is 6.63. The quantitative estimate of drug-likeness (QED) is 0.741. The number of carboxylic acids is 1. The largest absolute Gasteiger partial charge is 0.481 e. The molecule has 116 valence electrons. The van der Waals surface area contributed by atoms with Crippen LogP contribution in [0.25, 0.3) is 0 Å².